The summed E-state index contributed by atoms with van der Waals surface area (Å²) in [4.78, 5) is 61.6. The molecular weight excluding hydrogens is 500 g/mol. The molecule has 0 aliphatic rings. The summed E-state index contributed by atoms with van der Waals surface area (Å²) in [5, 5.41) is 26.3. The molecule has 0 saturated heterocycles. The Morgan fingerprint density at radius 1 is 0.892 bits per heavy atom. The molecule has 0 fully saturated rings. The van der Waals surface area contributed by atoms with Crippen LogP contribution in [-0.2, 0) is 30.4 Å². The number of carboxylic acids is 2. The van der Waals surface area contributed by atoms with Gasteiger partial charge in [-0.05, 0) is 36.3 Å². The van der Waals surface area contributed by atoms with Gasteiger partial charge < -0.3 is 31.9 Å². The number of hydrogen-bond acceptors (Lipinski definition) is 7. The average molecular weight is 539 g/mol. The maximum atomic E-state index is 13.1. The van der Waals surface area contributed by atoms with Gasteiger partial charge in [-0.15, -0.1) is 0 Å². The minimum Gasteiger partial charge on any atom is -0.481 e. The molecule has 37 heavy (non-hydrogen) atoms. The lowest BCUT2D eigenvalue weighted by Crippen LogP contribution is -2.58. The standard InChI is InChI=1S/C25H38N4O7S/c1-4-15(2)21(26)24(34)28-17(10-11-20(30)31)22(32)27-18(12-13-37-3)23(33)29-19(25(35)36)14-16-8-6-5-7-9-16/h5-9,15,17-19,21H,4,10-14,26H2,1-3H3,(H,27,32)(H,28,34)(H,29,33)(H,30,31)(H,35,36). The second-order valence-electron chi connectivity index (χ2n) is 8.84. The van der Waals surface area contributed by atoms with Crippen LogP contribution < -0.4 is 21.7 Å². The first kappa shape index (κ1) is 31.9. The van der Waals surface area contributed by atoms with Crippen molar-refractivity contribution in [2.45, 2.75) is 70.1 Å². The first-order valence-electron chi connectivity index (χ1n) is 12.1. The number of nitrogens with one attached hydrogen (secondary N) is 3. The molecule has 3 amide bonds. The van der Waals surface area contributed by atoms with E-state index in [2.05, 4.69) is 16.0 Å². The third-order valence-electron chi connectivity index (χ3n) is 5.98. The molecule has 0 bridgehead atoms. The Morgan fingerprint density at radius 2 is 1.43 bits per heavy atom. The van der Waals surface area contributed by atoms with Gasteiger partial charge in [-0.1, -0.05) is 50.6 Å². The van der Waals surface area contributed by atoms with Crippen LogP contribution in [-0.4, -0.2) is 76.0 Å². The lowest BCUT2D eigenvalue weighted by atomic mass is 9.98. The van der Waals surface area contributed by atoms with Gasteiger partial charge in [0.25, 0.3) is 0 Å². The van der Waals surface area contributed by atoms with Crippen molar-refractivity contribution in [3.8, 4) is 0 Å². The summed E-state index contributed by atoms with van der Waals surface area (Å²) in [7, 11) is 0. The predicted octanol–water partition coefficient (Wildman–Crippen LogP) is 0.759. The quantitative estimate of drug-likeness (QED) is 0.166. The molecule has 0 heterocycles. The summed E-state index contributed by atoms with van der Waals surface area (Å²) in [6, 6.07) is 4.36. The van der Waals surface area contributed by atoms with Crippen LogP contribution in [0.4, 0.5) is 0 Å². The minimum absolute atomic E-state index is 0.0515. The van der Waals surface area contributed by atoms with Crippen LogP contribution >= 0.6 is 11.8 Å². The van der Waals surface area contributed by atoms with E-state index in [4.69, 9.17) is 10.8 Å². The van der Waals surface area contributed by atoms with E-state index in [0.717, 1.165) is 0 Å². The lowest BCUT2D eigenvalue weighted by Gasteiger charge is -2.26. The Labute approximate surface area is 221 Å². The first-order chi connectivity index (χ1) is 17.5. The fraction of sp³-hybridized carbons (Fsp3) is 0.560. The van der Waals surface area contributed by atoms with Gasteiger partial charge in [0.1, 0.15) is 18.1 Å². The van der Waals surface area contributed by atoms with Gasteiger partial charge in [-0.2, -0.15) is 11.8 Å². The Kier molecular flexibility index (Phi) is 14.3. The molecule has 1 aromatic carbocycles. The maximum Gasteiger partial charge on any atom is 0.326 e. The molecule has 0 spiro atoms. The van der Waals surface area contributed by atoms with Gasteiger partial charge >= 0.3 is 11.9 Å². The monoisotopic (exact) mass is 538 g/mol. The zero-order valence-corrected chi connectivity index (χ0v) is 22.3. The zero-order valence-electron chi connectivity index (χ0n) is 21.4. The average Bonchev–Trinajstić information content (AvgIpc) is 2.87. The number of aliphatic carboxylic acids is 2. The van der Waals surface area contributed by atoms with Crippen molar-refractivity contribution >= 4 is 41.4 Å². The van der Waals surface area contributed by atoms with Crippen LogP contribution in [0.5, 0.6) is 0 Å². The van der Waals surface area contributed by atoms with Crippen molar-refractivity contribution in [1.29, 1.82) is 0 Å². The van der Waals surface area contributed by atoms with Crippen LogP contribution in [0.2, 0.25) is 0 Å². The Bertz CT molecular complexity index is 916. The highest BCUT2D eigenvalue weighted by molar-refractivity contribution is 7.98. The summed E-state index contributed by atoms with van der Waals surface area (Å²) in [5.41, 5.74) is 6.67. The number of carboxylic acid groups (broad SMARTS) is 2. The second kappa shape index (κ2) is 16.6. The number of rotatable bonds is 17. The topological polar surface area (TPSA) is 188 Å². The van der Waals surface area contributed by atoms with Crippen LogP contribution in [0, 0.1) is 5.92 Å². The largest absolute Gasteiger partial charge is 0.481 e. The van der Waals surface area contributed by atoms with Gasteiger partial charge in [0.05, 0.1) is 6.04 Å². The molecule has 0 aliphatic carbocycles. The molecule has 5 unspecified atom stereocenters. The number of thioether (sulfide) groups is 1. The predicted molar refractivity (Wildman–Crippen MR) is 141 cm³/mol. The number of hydrogen-bond donors (Lipinski definition) is 6. The third-order valence-corrected chi connectivity index (χ3v) is 6.62. The van der Waals surface area contributed by atoms with Crippen molar-refractivity contribution in [3.63, 3.8) is 0 Å². The molecule has 0 aliphatic heterocycles. The van der Waals surface area contributed by atoms with Crippen LogP contribution in [0.15, 0.2) is 30.3 Å². The Morgan fingerprint density at radius 3 is 1.95 bits per heavy atom. The van der Waals surface area contributed by atoms with Gasteiger partial charge in [0.15, 0.2) is 0 Å². The lowest BCUT2D eigenvalue weighted by molar-refractivity contribution is -0.142. The van der Waals surface area contributed by atoms with Crippen LogP contribution in [0.25, 0.3) is 0 Å². The highest BCUT2D eigenvalue weighted by atomic mass is 32.2. The molecule has 11 nitrogen and oxygen atoms in total. The van der Waals surface area contributed by atoms with E-state index in [1.54, 1.807) is 37.3 Å². The van der Waals surface area contributed by atoms with E-state index in [-0.39, 0.29) is 25.2 Å². The van der Waals surface area contributed by atoms with E-state index in [1.165, 1.54) is 11.8 Å². The summed E-state index contributed by atoms with van der Waals surface area (Å²) < 4.78 is 0. The van der Waals surface area contributed by atoms with E-state index in [0.29, 0.717) is 17.7 Å². The number of amides is 3. The number of carbonyl (C=O) groups excluding carboxylic acids is 3. The zero-order chi connectivity index (χ0) is 28.0. The molecule has 1 aromatic rings. The van der Waals surface area contributed by atoms with Crippen molar-refractivity contribution in [1.82, 2.24) is 16.0 Å². The summed E-state index contributed by atoms with van der Waals surface area (Å²) in [6.07, 6.45) is 2.10. The minimum atomic E-state index is -1.23. The summed E-state index contributed by atoms with van der Waals surface area (Å²) >= 11 is 1.43. The highest BCUT2D eigenvalue weighted by Gasteiger charge is 2.31. The fourth-order valence-corrected chi connectivity index (χ4v) is 3.89. The van der Waals surface area contributed by atoms with E-state index >= 15 is 0 Å². The second-order valence-corrected chi connectivity index (χ2v) is 9.82. The fourth-order valence-electron chi connectivity index (χ4n) is 3.42. The molecular formula is C25H38N4O7S. The molecule has 0 aromatic heterocycles. The number of nitrogens with two attached hydrogens (primary N) is 1. The van der Waals surface area contributed by atoms with E-state index in [1.807, 2.05) is 13.2 Å². The molecule has 0 radical (unpaired) electrons. The third kappa shape index (κ3) is 11.6. The van der Waals surface area contributed by atoms with Gasteiger partial charge in [-0.25, -0.2) is 4.79 Å². The molecule has 12 heteroatoms. The Balaban J connectivity index is 3.02. The summed E-state index contributed by atoms with van der Waals surface area (Å²) in [6.45, 7) is 3.65. The van der Waals surface area contributed by atoms with Crippen LogP contribution in [0.1, 0.15) is 45.1 Å². The maximum absolute atomic E-state index is 13.1. The SMILES string of the molecule is CCC(C)C(N)C(=O)NC(CCC(=O)O)C(=O)NC(CCSC)C(=O)NC(Cc1ccccc1)C(=O)O. The van der Waals surface area contributed by atoms with Gasteiger partial charge in [0.2, 0.25) is 17.7 Å². The molecule has 0 saturated carbocycles. The van der Waals surface area contributed by atoms with Gasteiger partial charge in [-0.3, -0.25) is 19.2 Å². The van der Waals surface area contributed by atoms with Crippen molar-refractivity contribution in [2.75, 3.05) is 12.0 Å². The smallest absolute Gasteiger partial charge is 0.326 e. The number of benzene rings is 1. The van der Waals surface area contributed by atoms with Crippen LogP contribution in [0.3, 0.4) is 0 Å². The van der Waals surface area contributed by atoms with Crippen molar-refractivity contribution < 1.29 is 34.2 Å². The number of carbonyl (C=O) groups is 5. The molecule has 206 valence electrons. The van der Waals surface area contributed by atoms with E-state index < -0.39 is 60.2 Å². The molecule has 5 atom stereocenters. The molecule has 1 rings (SSSR count). The Hall–Kier alpha value is -3.12. The normalized spacial score (nSPS) is 14.9. The molecule has 7 N–H and O–H groups in total. The summed E-state index contributed by atoms with van der Waals surface area (Å²) in [5.74, 6) is -4.09. The van der Waals surface area contributed by atoms with E-state index in [9.17, 15) is 29.1 Å². The van der Waals surface area contributed by atoms with Crippen molar-refractivity contribution in [2.24, 2.45) is 11.7 Å². The first-order valence-corrected chi connectivity index (χ1v) is 13.5. The van der Waals surface area contributed by atoms with Crippen molar-refractivity contribution in [3.05, 3.63) is 35.9 Å². The van der Waals surface area contributed by atoms with Gasteiger partial charge in [0, 0.05) is 12.8 Å². The highest BCUT2D eigenvalue weighted by Crippen LogP contribution is 2.09.